The lowest BCUT2D eigenvalue weighted by Gasteiger charge is -2.30. The zero-order valence-electron chi connectivity index (χ0n) is 18.7. The second-order valence-corrected chi connectivity index (χ2v) is 7.95. The number of benzene rings is 2. The Kier molecular flexibility index (Phi) is 5.50. The highest BCUT2D eigenvalue weighted by Crippen LogP contribution is 2.34. The Labute approximate surface area is 190 Å². The van der Waals surface area contributed by atoms with Gasteiger partial charge in [-0.05, 0) is 55.7 Å². The van der Waals surface area contributed by atoms with Crippen molar-refractivity contribution in [1.82, 2.24) is 14.5 Å². The maximum Gasteiger partial charge on any atom is 0.297 e. The van der Waals surface area contributed by atoms with Crippen molar-refractivity contribution in [3.8, 4) is 11.5 Å². The first kappa shape index (κ1) is 21.1. The number of carbonyl (C=O) groups is 1. The van der Waals surface area contributed by atoms with Crippen molar-refractivity contribution in [2.75, 3.05) is 19.8 Å². The van der Waals surface area contributed by atoms with Gasteiger partial charge in [0.2, 0.25) is 11.5 Å². The monoisotopic (exact) mass is 447 g/mol. The van der Waals surface area contributed by atoms with Gasteiger partial charge in [0, 0.05) is 18.5 Å². The quantitative estimate of drug-likeness (QED) is 0.450. The fraction of sp³-hybridized carbons (Fsp3) is 0.320. The second-order valence-electron chi connectivity index (χ2n) is 7.95. The number of nitrogens with zero attached hydrogens (tertiary/aromatic N) is 3. The third-order valence-corrected chi connectivity index (χ3v) is 5.89. The van der Waals surface area contributed by atoms with E-state index >= 15 is 0 Å². The number of ether oxygens (including phenoxy) is 2. The van der Waals surface area contributed by atoms with Crippen LogP contribution >= 0.6 is 0 Å². The summed E-state index contributed by atoms with van der Waals surface area (Å²) < 4.78 is 18.5. The lowest BCUT2D eigenvalue weighted by Crippen LogP contribution is -2.39. The zero-order valence-corrected chi connectivity index (χ0v) is 18.7. The average molecular weight is 447 g/mol. The molecule has 33 heavy (non-hydrogen) atoms. The van der Waals surface area contributed by atoms with Crippen LogP contribution in [0.4, 0.5) is 0 Å². The van der Waals surface area contributed by atoms with E-state index in [1.807, 2.05) is 44.2 Å². The van der Waals surface area contributed by atoms with E-state index < -0.39 is 0 Å². The van der Waals surface area contributed by atoms with Crippen LogP contribution in [0.25, 0.3) is 22.1 Å². The minimum atomic E-state index is -0.359. The van der Waals surface area contributed by atoms with Crippen LogP contribution < -0.4 is 15.0 Å². The third kappa shape index (κ3) is 3.82. The number of fused-ring (bicyclic) bond motifs is 4. The van der Waals surface area contributed by atoms with E-state index in [1.165, 1.54) is 10.9 Å². The molecule has 1 aliphatic rings. The van der Waals surface area contributed by atoms with Crippen LogP contribution in [0.1, 0.15) is 25.0 Å². The standard InChI is InChI=1S/C25H25N3O5/c1-3-31-20-11-16-9-10-27(13-17(16)12-21(20)32-4-2)22(29)14-28-15-26-23-18-7-5-6-8-19(18)33-24(23)25(28)30/h5-8,11-12,15H,3-4,9-10,13-14H2,1-2H3. The number of hydrogen-bond acceptors (Lipinski definition) is 6. The van der Waals surface area contributed by atoms with Crippen LogP contribution in [0.15, 0.2) is 51.9 Å². The summed E-state index contributed by atoms with van der Waals surface area (Å²) in [6, 6.07) is 11.3. The van der Waals surface area contributed by atoms with Gasteiger partial charge in [-0.25, -0.2) is 4.98 Å². The van der Waals surface area contributed by atoms with Crippen molar-refractivity contribution in [3.63, 3.8) is 0 Å². The van der Waals surface area contributed by atoms with Gasteiger partial charge >= 0.3 is 0 Å². The van der Waals surface area contributed by atoms with Crippen LogP contribution in [0.2, 0.25) is 0 Å². The van der Waals surface area contributed by atoms with Crippen molar-refractivity contribution in [2.24, 2.45) is 0 Å². The van der Waals surface area contributed by atoms with Gasteiger partial charge < -0.3 is 18.8 Å². The number of carbonyl (C=O) groups excluding carboxylic acids is 1. The Balaban J connectivity index is 1.38. The molecule has 0 bridgehead atoms. The maximum absolute atomic E-state index is 13.1. The van der Waals surface area contributed by atoms with Crippen LogP contribution in [-0.4, -0.2) is 40.1 Å². The van der Waals surface area contributed by atoms with Crippen LogP contribution in [-0.2, 0) is 24.3 Å². The third-order valence-electron chi connectivity index (χ3n) is 5.89. The molecule has 1 amide bonds. The van der Waals surface area contributed by atoms with Crippen molar-refractivity contribution in [3.05, 3.63) is 64.2 Å². The van der Waals surface area contributed by atoms with Crippen molar-refractivity contribution < 1.29 is 18.7 Å². The summed E-state index contributed by atoms with van der Waals surface area (Å²) in [7, 11) is 0. The summed E-state index contributed by atoms with van der Waals surface area (Å²) in [6.45, 7) is 5.88. The molecule has 0 unspecified atom stereocenters. The number of furan rings is 1. The predicted octanol–water partition coefficient (Wildman–Crippen LogP) is 3.53. The van der Waals surface area contributed by atoms with Crippen molar-refractivity contribution in [2.45, 2.75) is 33.4 Å². The molecule has 5 rings (SSSR count). The van der Waals surface area contributed by atoms with Gasteiger partial charge in [0.25, 0.3) is 5.56 Å². The van der Waals surface area contributed by atoms with Gasteiger partial charge in [0.05, 0.1) is 19.5 Å². The first-order chi connectivity index (χ1) is 16.1. The van der Waals surface area contributed by atoms with E-state index in [-0.39, 0.29) is 23.6 Å². The molecule has 2 aromatic carbocycles. The smallest absolute Gasteiger partial charge is 0.297 e. The fourth-order valence-electron chi connectivity index (χ4n) is 4.29. The van der Waals surface area contributed by atoms with E-state index in [1.54, 1.807) is 11.0 Å². The molecule has 170 valence electrons. The number of rotatable bonds is 6. The summed E-state index contributed by atoms with van der Waals surface area (Å²) in [5, 5.41) is 0.784. The molecule has 0 radical (unpaired) electrons. The highest BCUT2D eigenvalue weighted by molar-refractivity contribution is 6.01. The Morgan fingerprint density at radius 1 is 1.09 bits per heavy atom. The van der Waals surface area contributed by atoms with Crippen molar-refractivity contribution >= 4 is 28.0 Å². The zero-order chi connectivity index (χ0) is 22.9. The topological polar surface area (TPSA) is 86.8 Å². The highest BCUT2D eigenvalue weighted by atomic mass is 16.5. The van der Waals surface area contributed by atoms with Gasteiger partial charge in [0.15, 0.2) is 11.5 Å². The highest BCUT2D eigenvalue weighted by Gasteiger charge is 2.24. The number of para-hydroxylation sites is 1. The normalized spacial score (nSPS) is 13.3. The molecule has 0 saturated carbocycles. The molecule has 1 aliphatic heterocycles. The Hall–Kier alpha value is -3.81. The number of aromatic nitrogens is 2. The van der Waals surface area contributed by atoms with E-state index in [0.717, 1.165) is 22.3 Å². The molecule has 8 heteroatoms. The largest absolute Gasteiger partial charge is 0.490 e. The Morgan fingerprint density at radius 3 is 2.58 bits per heavy atom. The fourth-order valence-corrected chi connectivity index (χ4v) is 4.29. The molecule has 0 aliphatic carbocycles. The lowest BCUT2D eigenvalue weighted by atomic mass is 9.98. The Morgan fingerprint density at radius 2 is 1.82 bits per heavy atom. The first-order valence-electron chi connectivity index (χ1n) is 11.1. The molecule has 0 N–H and O–H groups in total. The molecule has 3 heterocycles. The van der Waals surface area contributed by atoms with E-state index in [0.29, 0.717) is 49.6 Å². The minimum absolute atomic E-state index is 0.0938. The summed E-state index contributed by atoms with van der Waals surface area (Å²) in [6.07, 6.45) is 2.13. The summed E-state index contributed by atoms with van der Waals surface area (Å²) in [5.74, 6) is 1.27. The summed E-state index contributed by atoms with van der Waals surface area (Å²) in [4.78, 5) is 32.2. The van der Waals surface area contributed by atoms with Crippen LogP contribution in [0, 0.1) is 0 Å². The molecular weight excluding hydrogens is 422 g/mol. The molecule has 4 aromatic rings. The molecular formula is C25H25N3O5. The van der Waals surface area contributed by atoms with Gasteiger partial charge in [-0.2, -0.15) is 0 Å². The van der Waals surface area contributed by atoms with Crippen LogP contribution in [0.5, 0.6) is 11.5 Å². The van der Waals surface area contributed by atoms with E-state index in [2.05, 4.69) is 4.98 Å². The SMILES string of the molecule is CCOc1cc2c(cc1OCC)CN(C(=O)Cn1cnc3c(oc4ccccc43)c1=O)CC2. The Bertz CT molecular complexity index is 1400. The molecule has 0 saturated heterocycles. The molecule has 2 aromatic heterocycles. The first-order valence-corrected chi connectivity index (χ1v) is 11.1. The summed E-state index contributed by atoms with van der Waals surface area (Å²) >= 11 is 0. The molecule has 0 spiro atoms. The second kappa shape index (κ2) is 8.61. The van der Waals surface area contributed by atoms with E-state index in [9.17, 15) is 9.59 Å². The number of hydrogen-bond donors (Lipinski definition) is 0. The van der Waals surface area contributed by atoms with Crippen LogP contribution in [0.3, 0.4) is 0 Å². The average Bonchev–Trinajstić information content (AvgIpc) is 3.21. The van der Waals surface area contributed by atoms with Gasteiger partial charge in [-0.15, -0.1) is 0 Å². The molecule has 8 nitrogen and oxygen atoms in total. The van der Waals surface area contributed by atoms with Gasteiger partial charge in [0.1, 0.15) is 17.6 Å². The van der Waals surface area contributed by atoms with Gasteiger partial charge in [-0.1, -0.05) is 12.1 Å². The predicted molar refractivity (Wildman–Crippen MR) is 124 cm³/mol. The van der Waals surface area contributed by atoms with E-state index in [4.69, 9.17) is 13.9 Å². The molecule has 0 atom stereocenters. The summed E-state index contributed by atoms with van der Waals surface area (Å²) in [5.41, 5.74) is 3.10. The lowest BCUT2D eigenvalue weighted by molar-refractivity contribution is -0.132. The maximum atomic E-state index is 13.1. The minimum Gasteiger partial charge on any atom is -0.490 e. The molecule has 0 fully saturated rings. The van der Waals surface area contributed by atoms with Crippen molar-refractivity contribution in [1.29, 1.82) is 0 Å². The number of amides is 1. The van der Waals surface area contributed by atoms with Gasteiger partial charge in [-0.3, -0.25) is 14.2 Å².